The van der Waals surface area contributed by atoms with Gasteiger partial charge in [0.1, 0.15) is 0 Å². The molecule has 2 saturated carbocycles. The summed E-state index contributed by atoms with van der Waals surface area (Å²) in [5.74, 6) is 0. The van der Waals surface area contributed by atoms with Crippen LogP contribution in [0.3, 0.4) is 0 Å². The second-order valence-corrected chi connectivity index (χ2v) is 17.6. The summed E-state index contributed by atoms with van der Waals surface area (Å²) in [6.45, 7) is 18.2. The predicted molar refractivity (Wildman–Crippen MR) is 129 cm³/mol. The Hall–Kier alpha value is 0.577. The molecular weight excluding hydrogens is 444 g/mol. The Morgan fingerprint density at radius 3 is 1.76 bits per heavy atom. The van der Waals surface area contributed by atoms with Gasteiger partial charge in [-0.2, -0.15) is 0 Å². The summed E-state index contributed by atoms with van der Waals surface area (Å²) in [5.41, 5.74) is 1.88. The van der Waals surface area contributed by atoms with E-state index in [2.05, 4.69) is 57.5 Å². The van der Waals surface area contributed by atoms with Crippen LogP contribution in [0.15, 0.2) is 0 Å². The van der Waals surface area contributed by atoms with E-state index in [1.54, 1.807) is 0 Å². The molecule has 0 unspecified atom stereocenters. The number of rotatable bonds is 8. The molecule has 1 spiro atoms. The van der Waals surface area contributed by atoms with E-state index in [0.717, 1.165) is 12.8 Å². The van der Waals surface area contributed by atoms with Crippen LogP contribution in [-0.2, 0) is 9.16 Å². The number of ether oxygens (including phenoxy) is 1. The largest absolute Gasteiger partial charge is 0.412 e. The SMILES string of the molecule is CC(C)[Si](O[C@@H]1C[C@H](Br)C[C@@H](O[C@H](C)[C@@H](C)O)C12CCCCC2)(C(C)C)C(C)C. The van der Waals surface area contributed by atoms with E-state index >= 15 is 0 Å². The average Bonchev–Trinajstić information content (AvgIpc) is 2.63. The minimum atomic E-state index is -1.97. The summed E-state index contributed by atoms with van der Waals surface area (Å²) in [7, 11) is -1.97. The molecular formula is C24H47BrO3Si. The molecule has 5 heteroatoms. The van der Waals surface area contributed by atoms with E-state index in [1.807, 2.05) is 13.8 Å². The maximum Gasteiger partial charge on any atom is 0.200 e. The Morgan fingerprint density at radius 2 is 1.31 bits per heavy atom. The van der Waals surface area contributed by atoms with Gasteiger partial charge >= 0.3 is 0 Å². The average molecular weight is 492 g/mol. The zero-order valence-corrected chi connectivity index (χ0v) is 22.8. The highest BCUT2D eigenvalue weighted by atomic mass is 79.9. The molecule has 29 heavy (non-hydrogen) atoms. The van der Waals surface area contributed by atoms with E-state index in [1.165, 1.54) is 32.1 Å². The third-order valence-corrected chi connectivity index (χ3v) is 15.0. The molecule has 0 bridgehead atoms. The van der Waals surface area contributed by atoms with Gasteiger partial charge in [0.15, 0.2) is 0 Å². The van der Waals surface area contributed by atoms with Gasteiger partial charge in [0, 0.05) is 10.2 Å². The van der Waals surface area contributed by atoms with Crippen molar-refractivity contribution in [3.63, 3.8) is 0 Å². The molecule has 0 heterocycles. The number of alkyl halides is 1. The Labute approximate surface area is 190 Å². The van der Waals surface area contributed by atoms with Gasteiger partial charge in [-0.05, 0) is 56.2 Å². The summed E-state index contributed by atoms with van der Waals surface area (Å²) >= 11 is 3.96. The normalized spacial score (nSPS) is 30.3. The third kappa shape index (κ3) is 5.32. The number of hydrogen-bond acceptors (Lipinski definition) is 3. The summed E-state index contributed by atoms with van der Waals surface area (Å²) in [5, 5.41) is 10.1. The first-order chi connectivity index (χ1) is 13.5. The summed E-state index contributed by atoms with van der Waals surface area (Å²) < 4.78 is 14.1. The molecule has 0 radical (unpaired) electrons. The van der Waals surface area contributed by atoms with E-state index in [-0.39, 0.29) is 23.7 Å². The lowest BCUT2D eigenvalue weighted by Gasteiger charge is -2.57. The fourth-order valence-corrected chi connectivity index (χ4v) is 12.8. The van der Waals surface area contributed by atoms with Crippen molar-refractivity contribution in [2.45, 2.75) is 146 Å². The highest BCUT2D eigenvalue weighted by Gasteiger charge is 2.56. The van der Waals surface area contributed by atoms with Crippen LogP contribution in [0.25, 0.3) is 0 Å². The molecule has 5 atom stereocenters. The van der Waals surface area contributed by atoms with Crippen LogP contribution in [0.2, 0.25) is 16.6 Å². The summed E-state index contributed by atoms with van der Waals surface area (Å²) in [6.07, 6.45) is 8.22. The third-order valence-electron chi connectivity index (χ3n) is 8.12. The highest BCUT2D eigenvalue weighted by molar-refractivity contribution is 9.09. The van der Waals surface area contributed by atoms with Crippen LogP contribution >= 0.6 is 15.9 Å². The van der Waals surface area contributed by atoms with Crippen LogP contribution in [0.4, 0.5) is 0 Å². The first kappa shape index (κ1) is 25.8. The molecule has 0 aromatic heterocycles. The maximum atomic E-state index is 10.1. The molecule has 2 rings (SSSR count). The van der Waals surface area contributed by atoms with Gasteiger partial charge in [0.05, 0.1) is 24.4 Å². The lowest BCUT2D eigenvalue weighted by molar-refractivity contribution is -0.172. The minimum absolute atomic E-state index is 0.0998. The fourth-order valence-electron chi connectivity index (χ4n) is 6.48. The standard InChI is InChI=1S/C24H47BrO3Si/c1-16(2)29(17(3)4,18(5)6)28-23-15-21(25)14-22(27-20(8)19(7)26)24(23)12-10-9-11-13-24/h16-23,26H,9-15H2,1-8H3/t19-,20-,21-,22-,23-/m1/s1. The molecule has 0 aromatic carbocycles. The number of aliphatic hydroxyl groups excluding tert-OH is 1. The second kappa shape index (κ2) is 10.5. The summed E-state index contributed by atoms with van der Waals surface area (Å²) in [4.78, 5) is 0.421. The zero-order valence-electron chi connectivity index (χ0n) is 20.2. The molecule has 0 saturated heterocycles. The van der Waals surface area contributed by atoms with E-state index in [0.29, 0.717) is 21.5 Å². The highest BCUT2D eigenvalue weighted by Crippen LogP contribution is 2.55. The lowest BCUT2D eigenvalue weighted by atomic mass is 9.62. The molecule has 2 aliphatic carbocycles. The van der Waals surface area contributed by atoms with Crippen LogP contribution in [0.5, 0.6) is 0 Å². The van der Waals surface area contributed by atoms with Crippen LogP contribution in [0, 0.1) is 5.41 Å². The van der Waals surface area contributed by atoms with Crippen LogP contribution in [-0.4, -0.2) is 42.7 Å². The molecule has 1 N–H and O–H groups in total. The van der Waals surface area contributed by atoms with Gasteiger partial charge < -0.3 is 14.3 Å². The van der Waals surface area contributed by atoms with Gasteiger partial charge in [-0.15, -0.1) is 0 Å². The van der Waals surface area contributed by atoms with Crippen LogP contribution < -0.4 is 0 Å². The zero-order chi connectivity index (χ0) is 22.0. The molecule has 2 aliphatic rings. The minimum Gasteiger partial charge on any atom is -0.412 e. The number of aliphatic hydroxyl groups is 1. The molecule has 2 fully saturated rings. The van der Waals surface area contributed by atoms with Gasteiger partial charge in [0.25, 0.3) is 0 Å². The van der Waals surface area contributed by atoms with E-state index in [4.69, 9.17) is 9.16 Å². The molecule has 3 nitrogen and oxygen atoms in total. The van der Waals surface area contributed by atoms with Crippen molar-refractivity contribution >= 4 is 24.2 Å². The lowest BCUT2D eigenvalue weighted by Crippen LogP contribution is -2.60. The predicted octanol–water partition coefficient (Wildman–Crippen LogP) is 7.21. The Bertz CT molecular complexity index is 481. The maximum absolute atomic E-state index is 10.1. The van der Waals surface area contributed by atoms with Gasteiger partial charge in [-0.25, -0.2) is 0 Å². The van der Waals surface area contributed by atoms with Crippen molar-refractivity contribution in [3.05, 3.63) is 0 Å². The molecule has 0 aromatic rings. The van der Waals surface area contributed by atoms with E-state index < -0.39 is 14.4 Å². The molecule has 0 amide bonds. The topological polar surface area (TPSA) is 38.7 Å². The Balaban J connectivity index is 2.43. The van der Waals surface area contributed by atoms with Crippen LogP contribution in [0.1, 0.15) is 100 Å². The van der Waals surface area contributed by atoms with Crippen molar-refractivity contribution in [2.75, 3.05) is 0 Å². The number of hydrogen-bond donors (Lipinski definition) is 1. The van der Waals surface area contributed by atoms with Crippen molar-refractivity contribution in [1.82, 2.24) is 0 Å². The van der Waals surface area contributed by atoms with Crippen molar-refractivity contribution in [1.29, 1.82) is 0 Å². The quantitative estimate of drug-likeness (QED) is 0.288. The van der Waals surface area contributed by atoms with Crippen molar-refractivity contribution in [2.24, 2.45) is 5.41 Å². The Morgan fingerprint density at radius 1 is 0.828 bits per heavy atom. The van der Waals surface area contributed by atoms with Crippen molar-refractivity contribution in [3.8, 4) is 0 Å². The smallest absolute Gasteiger partial charge is 0.200 e. The number of halogens is 1. The second-order valence-electron chi connectivity index (χ2n) is 10.9. The van der Waals surface area contributed by atoms with E-state index in [9.17, 15) is 5.11 Å². The van der Waals surface area contributed by atoms with Gasteiger partial charge in [-0.3, -0.25) is 0 Å². The Kier molecular flexibility index (Phi) is 9.32. The fraction of sp³-hybridized carbons (Fsp3) is 1.00. The molecule has 172 valence electrons. The first-order valence-electron chi connectivity index (χ1n) is 12.1. The summed E-state index contributed by atoms with van der Waals surface area (Å²) in [6, 6.07) is 0. The van der Waals surface area contributed by atoms with Gasteiger partial charge in [-0.1, -0.05) is 76.7 Å². The first-order valence-corrected chi connectivity index (χ1v) is 15.2. The van der Waals surface area contributed by atoms with Gasteiger partial charge in [0.2, 0.25) is 8.32 Å². The van der Waals surface area contributed by atoms with Crippen molar-refractivity contribution < 1.29 is 14.3 Å². The molecule has 0 aliphatic heterocycles. The monoisotopic (exact) mass is 490 g/mol.